The fourth-order valence-corrected chi connectivity index (χ4v) is 1.49. The third-order valence-electron chi connectivity index (χ3n) is 2.15. The summed E-state index contributed by atoms with van der Waals surface area (Å²) in [7, 11) is 0. The van der Waals surface area contributed by atoms with Crippen molar-refractivity contribution >= 4 is 11.9 Å². The summed E-state index contributed by atoms with van der Waals surface area (Å²) >= 11 is 0. The lowest BCUT2D eigenvalue weighted by Gasteiger charge is -2.09. The Morgan fingerprint density at radius 3 is 2.73 bits per heavy atom. The number of ether oxygens (including phenoxy) is 1. The van der Waals surface area contributed by atoms with E-state index in [1.807, 2.05) is 0 Å². The summed E-state index contributed by atoms with van der Waals surface area (Å²) in [6.07, 6.45) is 4.61. The van der Waals surface area contributed by atoms with Crippen molar-refractivity contribution in [1.29, 1.82) is 0 Å². The smallest absolute Gasteiger partial charge is 0.339 e. The molecule has 4 heteroatoms. The summed E-state index contributed by atoms with van der Waals surface area (Å²) in [5.41, 5.74) is 0.319. The van der Waals surface area contributed by atoms with E-state index in [1.54, 1.807) is 0 Å². The number of carbonyl (C=O) groups is 2. The van der Waals surface area contributed by atoms with Gasteiger partial charge in [-0.25, -0.2) is 4.79 Å². The molecular formula is C11H13NO3. The van der Waals surface area contributed by atoms with Crippen LogP contribution in [0.4, 0.5) is 0 Å². The Labute approximate surface area is 88.3 Å². The van der Waals surface area contributed by atoms with E-state index in [1.165, 1.54) is 12.2 Å². The second kappa shape index (κ2) is 5.14. The Morgan fingerprint density at radius 1 is 1.53 bits per heavy atom. The van der Waals surface area contributed by atoms with Crippen LogP contribution in [0.1, 0.15) is 6.42 Å². The van der Waals surface area contributed by atoms with Gasteiger partial charge in [-0.2, -0.15) is 0 Å². The summed E-state index contributed by atoms with van der Waals surface area (Å²) < 4.78 is 4.65. The maximum atomic E-state index is 11.5. The fourth-order valence-electron chi connectivity index (χ4n) is 1.49. The molecule has 80 valence electrons. The molecule has 1 aliphatic rings. The van der Waals surface area contributed by atoms with Gasteiger partial charge in [0.05, 0.1) is 17.8 Å². The summed E-state index contributed by atoms with van der Waals surface area (Å²) in [5.74, 6) is -1.13. The molecule has 1 aliphatic heterocycles. The molecule has 1 amide bonds. The van der Waals surface area contributed by atoms with Crippen LogP contribution in [0.3, 0.4) is 0 Å². The predicted molar refractivity (Wildman–Crippen MR) is 55.7 cm³/mol. The van der Waals surface area contributed by atoms with Gasteiger partial charge in [-0.1, -0.05) is 25.3 Å². The number of nitrogens with one attached hydrogen (secondary N) is 1. The van der Waals surface area contributed by atoms with Gasteiger partial charge >= 0.3 is 5.97 Å². The predicted octanol–water partition coefficient (Wildman–Crippen LogP) is 0.922. The molecule has 0 spiro atoms. The molecule has 1 heterocycles. The van der Waals surface area contributed by atoms with E-state index in [4.69, 9.17) is 0 Å². The minimum Gasteiger partial charge on any atom is -0.432 e. The van der Waals surface area contributed by atoms with E-state index in [2.05, 4.69) is 23.2 Å². The molecule has 0 aliphatic carbocycles. The van der Waals surface area contributed by atoms with E-state index in [9.17, 15) is 9.59 Å². The molecule has 0 bridgehead atoms. The van der Waals surface area contributed by atoms with E-state index < -0.39 is 11.9 Å². The zero-order chi connectivity index (χ0) is 11.3. The molecule has 0 radical (unpaired) electrons. The number of hydrogen-bond acceptors (Lipinski definition) is 3. The molecule has 1 rings (SSSR count). The second-order valence-electron chi connectivity index (χ2n) is 3.06. The van der Waals surface area contributed by atoms with Crippen LogP contribution in [0.25, 0.3) is 0 Å². The van der Waals surface area contributed by atoms with Crippen LogP contribution in [0.5, 0.6) is 0 Å². The van der Waals surface area contributed by atoms with Gasteiger partial charge in [-0.05, 0) is 6.42 Å². The van der Waals surface area contributed by atoms with Gasteiger partial charge in [0.15, 0.2) is 0 Å². The standard InChI is InChI=1S/C11H13NO3/c1-3-5-9(11(14)15-4-2)8-6-7-12-10(8)13/h3-5,8H,1-2,6-7H2,(H,12,13)/b9-5-. The second-order valence-corrected chi connectivity index (χ2v) is 3.06. The van der Waals surface area contributed by atoms with Crippen LogP contribution >= 0.6 is 0 Å². The van der Waals surface area contributed by atoms with Crippen molar-refractivity contribution in [3.63, 3.8) is 0 Å². The summed E-state index contributed by atoms with van der Waals surface area (Å²) in [6, 6.07) is 0. The number of allylic oxidation sites excluding steroid dienone is 2. The lowest BCUT2D eigenvalue weighted by Crippen LogP contribution is -2.23. The average Bonchev–Trinajstić information content (AvgIpc) is 2.61. The van der Waals surface area contributed by atoms with Crippen LogP contribution in [0.15, 0.2) is 37.1 Å². The van der Waals surface area contributed by atoms with Crippen molar-refractivity contribution in [1.82, 2.24) is 5.32 Å². The van der Waals surface area contributed by atoms with Crippen molar-refractivity contribution in [2.45, 2.75) is 6.42 Å². The zero-order valence-corrected chi connectivity index (χ0v) is 8.36. The molecule has 15 heavy (non-hydrogen) atoms. The molecule has 1 fully saturated rings. The third kappa shape index (κ3) is 2.56. The van der Waals surface area contributed by atoms with E-state index in [0.29, 0.717) is 18.5 Å². The topological polar surface area (TPSA) is 55.4 Å². The van der Waals surface area contributed by atoms with Crippen molar-refractivity contribution in [3.8, 4) is 0 Å². The van der Waals surface area contributed by atoms with Crippen molar-refractivity contribution < 1.29 is 14.3 Å². The van der Waals surface area contributed by atoms with Crippen LogP contribution in [0.2, 0.25) is 0 Å². The number of esters is 1. The molecule has 0 aromatic carbocycles. The van der Waals surface area contributed by atoms with Gasteiger partial charge in [0.2, 0.25) is 5.91 Å². The number of hydrogen-bond donors (Lipinski definition) is 1. The van der Waals surface area contributed by atoms with Crippen molar-refractivity contribution in [2.75, 3.05) is 6.54 Å². The average molecular weight is 207 g/mol. The SMILES string of the molecule is C=C/C=C(\C(=O)OC=C)C1CCNC1=O. The first kappa shape index (κ1) is 11.2. The first-order valence-electron chi connectivity index (χ1n) is 4.63. The normalized spacial score (nSPS) is 20.7. The Hall–Kier alpha value is -1.84. The molecule has 1 saturated heterocycles. The monoisotopic (exact) mass is 207 g/mol. The Bertz CT molecular complexity index is 331. The number of rotatable bonds is 4. The first-order chi connectivity index (χ1) is 7.20. The molecule has 0 aromatic rings. The lowest BCUT2D eigenvalue weighted by atomic mass is 9.97. The Morgan fingerprint density at radius 2 is 2.27 bits per heavy atom. The highest BCUT2D eigenvalue weighted by molar-refractivity contribution is 5.98. The maximum absolute atomic E-state index is 11.5. The minimum absolute atomic E-state index is 0.149. The van der Waals surface area contributed by atoms with E-state index in [-0.39, 0.29) is 5.91 Å². The maximum Gasteiger partial charge on any atom is 0.339 e. The van der Waals surface area contributed by atoms with Crippen LogP contribution in [-0.4, -0.2) is 18.4 Å². The number of amides is 1. The van der Waals surface area contributed by atoms with Crippen LogP contribution in [-0.2, 0) is 14.3 Å². The lowest BCUT2D eigenvalue weighted by molar-refractivity contribution is -0.135. The largest absolute Gasteiger partial charge is 0.432 e. The highest BCUT2D eigenvalue weighted by Crippen LogP contribution is 2.21. The third-order valence-corrected chi connectivity index (χ3v) is 2.15. The Kier molecular flexibility index (Phi) is 3.85. The van der Waals surface area contributed by atoms with Gasteiger partial charge < -0.3 is 10.1 Å². The molecule has 1 N–H and O–H groups in total. The first-order valence-corrected chi connectivity index (χ1v) is 4.63. The molecule has 4 nitrogen and oxygen atoms in total. The van der Waals surface area contributed by atoms with Gasteiger partial charge in [0, 0.05) is 6.54 Å². The molecular weight excluding hydrogens is 194 g/mol. The summed E-state index contributed by atoms with van der Waals surface area (Å²) in [5, 5.41) is 2.66. The van der Waals surface area contributed by atoms with E-state index >= 15 is 0 Å². The van der Waals surface area contributed by atoms with Crippen LogP contribution < -0.4 is 5.32 Å². The zero-order valence-electron chi connectivity index (χ0n) is 8.36. The summed E-state index contributed by atoms with van der Waals surface area (Å²) in [6.45, 7) is 7.37. The highest BCUT2D eigenvalue weighted by Gasteiger charge is 2.31. The fraction of sp³-hybridized carbons (Fsp3) is 0.273. The van der Waals surface area contributed by atoms with Crippen molar-refractivity contribution in [2.24, 2.45) is 5.92 Å². The summed E-state index contributed by atoms with van der Waals surface area (Å²) in [4.78, 5) is 22.9. The number of carbonyl (C=O) groups excluding carboxylic acids is 2. The molecule has 0 saturated carbocycles. The van der Waals surface area contributed by atoms with Gasteiger partial charge in [0.1, 0.15) is 0 Å². The molecule has 0 aromatic heterocycles. The minimum atomic E-state index is -0.549. The quantitative estimate of drug-likeness (QED) is 0.323. The van der Waals surface area contributed by atoms with Crippen molar-refractivity contribution in [3.05, 3.63) is 37.1 Å². The van der Waals surface area contributed by atoms with Crippen LogP contribution in [0, 0.1) is 5.92 Å². The van der Waals surface area contributed by atoms with Gasteiger partial charge in [-0.3, -0.25) is 4.79 Å². The highest BCUT2D eigenvalue weighted by atomic mass is 16.5. The van der Waals surface area contributed by atoms with Gasteiger partial charge in [-0.15, -0.1) is 0 Å². The molecule has 1 unspecified atom stereocenters. The van der Waals surface area contributed by atoms with E-state index in [0.717, 1.165) is 6.26 Å². The molecule has 1 atom stereocenters. The van der Waals surface area contributed by atoms with Gasteiger partial charge in [0.25, 0.3) is 0 Å². The Balaban J connectivity index is 2.87.